The first-order valence-corrected chi connectivity index (χ1v) is 10.2. The van der Waals surface area contributed by atoms with Crippen molar-refractivity contribution in [1.82, 2.24) is 9.80 Å². The van der Waals surface area contributed by atoms with Gasteiger partial charge in [0.2, 0.25) is 0 Å². The minimum absolute atomic E-state index is 0.0959. The van der Waals surface area contributed by atoms with Crippen molar-refractivity contribution in [1.29, 1.82) is 0 Å². The Kier molecular flexibility index (Phi) is 5.60. The zero-order chi connectivity index (χ0) is 19.4. The van der Waals surface area contributed by atoms with Crippen molar-refractivity contribution in [2.24, 2.45) is 0 Å². The van der Waals surface area contributed by atoms with Crippen molar-refractivity contribution < 1.29 is 9.90 Å². The van der Waals surface area contributed by atoms with E-state index in [4.69, 9.17) is 0 Å². The lowest BCUT2D eigenvalue weighted by atomic mass is 9.79. The zero-order valence-electron chi connectivity index (χ0n) is 16.3. The number of aliphatic hydroxyl groups is 1. The fourth-order valence-electron chi connectivity index (χ4n) is 4.23. The molecule has 0 bridgehead atoms. The fraction of sp³-hybridized carbons (Fsp3) is 0.375. The lowest BCUT2D eigenvalue weighted by molar-refractivity contribution is -0.154. The molecule has 0 aromatic heterocycles. The van der Waals surface area contributed by atoms with E-state index in [0.717, 1.165) is 31.6 Å². The Bertz CT molecular complexity index is 841. The summed E-state index contributed by atoms with van der Waals surface area (Å²) in [5.74, 6) is -0.0959. The summed E-state index contributed by atoms with van der Waals surface area (Å²) in [5.41, 5.74) is 2.32. The Labute approximate surface area is 167 Å². The molecule has 1 amide bonds. The summed E-state index contributed by atoms with van der Waals surface area (Å²) in [5, 5.41) is 11.1. The Hall–Kier alpha value is -2.43. The van der Waals surface area contributed by atoms with E-state index in [1.165, 1.54) is 11.1 Å². The number of piperazine rings is 1. The van der Waals surface area contributed by atoms with Crippen molar-refractivity contribution in [3.05, 3.63) is 77.4 Å². The maximum Gasteiger partial charge on any atom is 0.254 e. The van der Waals surface area contributed by atoms with Gasteiger partial charge in [-0.05, 0) is 29.5 Å². The number of hydrogen-bond acceptors (Lipinski definition) is 3. The molecule has 28 heavy (non-hydrogen) atoms. The van der Waals surface area contributed by atoms with E-state index in [1.807, 2.05) is 41.3 Å². The molecule has 0 radical (unpaired) electrons. The van der Waals surface area contributed by atoms with E-state index in [9.17, 15) is 9.90 Å². The highest BCUT2D eigenvalue weighted by molar-refractivity contribution is 5.86. The number of benzene rings is 2. The third-order valence-corrected chi connectivity index (χ3v) is 5.94. The maximum absolute atomic E-state index is 13.0. The van der Waals surface area contributed by atoms with Crippen LogP contribution in [0.5, 0.6) is 0 Å². The van der Waals surface area contributed by atoms with Gasteiger partial charge in [-0.25, -0.2) is 0 Å². The number of aryl methyl sites for hydroxylation is 1. The van der Waals surface area contributed by atoms with Crippen molar-refractivity contribution in [3.63, 3.8) is 0 Å². The van der Waals surface area contributed by atoms with Crippen LogP contribution in [0.4, 0.5) is 0 Å². The van der Waals surface area contributed by atoms with Gasteiger partial charge in [-0.2, -0.15) is 0 Å². The van der Waals surface area contributed by atoms with Gasteiger partial charge < -0.3 is 10.0 Å². The minimum Gasteiger partial charge on any atom is -0.380 e. The van der Waals surface area contributed by atoms with E-state index >= 15 is 0 Å². The monoisotopic (exact) mass is 376 g/mol. The van der Waals surface area contributed by atoms with Crippen LogP contribution < -0.4 is 0 Å². The predicted molar refractivity (Wildman–Crippen MR) is 112 cm³/mol. The quantitative estimate of drug-likeness (QED) is 0.892. The molecule has 4 rings (SSSR count). The maximum atomic E-state index is 13.0. The summed E-state index contributed by atoms with van der Waals surface area (Å²) in [6, 6.07) is 18.4. The van der Waals surface area contributed by atoms with Crippen molar-refractivity contribution >= 4 is 12.0 Å². The summed E-state index contributed by atoms with van der Waals surface area (Å²) >= 11 is 0. The largest absolute Gasteiger partial charge is 0.380 e. The molecule has 1 fully saturated rings. The summed E-state index contributed by atoms with van der Waals surface area (Å²) in [6.45, 7) is 3.94. The second kappa shape index (κ2) is 8.29. The van der Waals surface area contributed by atoms with Gasteiger partial charge in [-0.15, -0.1) is 0 Å². The van der Waals surface area contributed by atoms with E-state index in [1.54, 1.807) is 0 Å². The first-order valence-electron chi connectivity index (χ1n) is 10.2. The second-order valence-corrected chi connectivity index (χ2v) is 7.88. The number of carbonyl (C=O) groups excluding carboxylic acids is 1. The van der Waals surface area contributed by atoms with Gasteiger partial charge in [0.1, 0.15) is 5.60 Å². The average molecular weight is 377 g/mol. The lowest BCUT2D eigenvalue weighted by Crippen LogP contribution is -2.57. The Balaban J connectivity index is 1.30. The molecule has 4 heteroatoms. The van der Waals surface area contributed by atoms with Gasteiger partial charge in [0.15, 0.2) is 0 Å². The van der Waals surface area contributed by atoms with Crippen LogP contribution in [-0.2, 0) is 17.6 Å². The van der Waals surface area contributed by atoms with Crippen molar-refractivity contribution in [2.75, 3.05) is 32.7 Å². The van der Waals surface area contributed by atoms with Crippen LogP contribution in [0, 0.1) is 0 Å². The van der Waals surface area contributed by atoms with Crippen LogP contribution in [0.3, 0.4) is 0 Å². The standard InChI is InChI=1S/C24H28N2O2/c27-23(24(28)13-12-21-10-4-5-11-22(21)19-24)26-17-15-25(16-18-26)14-6-9-20-7-2-1-3-8-20/h1-11,28H,12-19H2/b9-6+. The van der Waals surface area contributed by atoms with Gasteiger partial charge in [-0.3, -0.25) is 9.69 Å². The first kappa shape index (κ1) is 18.9. The molecular formula is C24H28N2O2. The van der Waals surface area contributed by atoms with Crippen LogP contribution in [0.15, 0.2) is 60.7 Å². The Morgan fingerprint density at radius 3 is 2.39 bits per heavy atom. The Morgan fingerprint density at radius 2 is 1.64 bits per heavy atom. The number of rotatable bonds is 4. The number of hydrogen-bond donors (Lipinski definition) is 1. The molecule has 2 aliphatic rings. The number of carbonyl (C=O) groups is 1. The topological polar surface area (TPSA) is 43.8 Å². The van der Waals surface area contributed by atoms with E-state index in [0.29, 0.717) is 25.9 Å². The van der Waals surface area contributed by atoms with Crippen LogP contribution in [0.2, 0.25) is 0 Å². The summed E-state index contributed by atoms with van der Waals surface area (Å²) < 4.78 is 0. The third-order valence-electron chi connectivity index (χ3n) is 5.94. The molecule has 1 aliphatic carbocycles. The van der Waals surface area contributed by atoms with Crippen LogP contribution in [-0.4, -0.2) is 59.1 Å². The number of amides is 1. The highest BCUT2D eigenvalue weighted by Crippen LogP contribution is 2.30. The second-order valence-electron chi connectivity index (χ2n) is 7.88. The van der Waals surface area contributed by atoms with E-state index < -0.39 is 5.60 Å². The van der Waals surface area contributed by atoms with Gasteiger partial charge in [0.25, 0.3) is 5.91 Å². The predicted octanol–water partition coefficient (Wildman–Crippen LogP) is 2.76. The van der Waals surface area contributed by atoms with Crippen molar-refractivity contribution in [2.45, 2.75) is 24.9 Å². The summed E-state index contributed by atoms with van der Waals surface area (Å²) in [6.07, 6.45) is 6.03. The number of nitrogens with zero attached hydrogens (tertiary/aromatic N) is 2. The van der Waals surface area contributed by atoms with Gasteiger partial charge >= 0.3 is 0 Å². The Morgan fingerprint density at radius 1 is 0.964 bits per heavy atom. The highest BCUT2D eigenvalue weighted by Gasteiger charge is 2.42. The van der Waals surface area contributed by atoms with Gasteiger partial charge in [0, 0.05) is 39.1 Å². The molecule has 1 saturated heterocycles. The summed E-state index contributed by atoms with van der Waals surface area (Å²) in [7, 11) is 0. The SMILES string of the molecule is O=C(N1CCN(C/C=C/c2ccccc2)CC1)C1(O)CCc2ccccc2C1. The summed E-state index contributed by atoms with van der Waals surface area (Å²) in [4.78, 5) is 17.2. The molecular weight excluding hydrogens is 348 g/mol. The van der Waals surface area contributed by atoms with Crippen LogP contribution >= 0.6 is 0 Å². The minimum atomic E-state index is -1.25. The average Bonchev–Trinajstić information content (AvgIpc) is 2.74. The molecule has 1 heterocycles. The third kappa shape index (κ3) is 4.18. The molecule has 0 saturated carbocycles. The fourth-order valence-corrected chi connectivity index (χ4v) is 4.23. The smallest absolute Gasteiger partial charge is 0.254 e. The molecule has 2 aromatic carbocycles. The number of fused-ring (bicyclic) bond motifs is 1. The lowest BCUT2D eigenvalue weighted by Gasteiger charge is -2.40. The molecule has 1 atom stereocenters. The van der Waals surface area contributed by atoms with Crippen LogP contribution in [0.25, 0.3) is 6.08 Å². The molecule has 1 aliphatic heterocycles. The van der Waals surface area contributed by atoms with Gasteiger partial charge in [-0.1, -0.05) is 66.7 Å². The molecule has 2 aromatic rings. The highest BCUT2D eigenvalue weighted by atomic mass is 16.3. The molecule has 1 unspecified atom stereocenters. The molecule has 0 spiro atoms. The van der Waals surface area contributed by atoms with Gasteiger partial charge in [0.05, 0.1) is 0 Å². The first-order chi connectivity index (χ1) is 13.6. The zero-order valence-corrected chi connectivity index (χ0v) is 16.3. The van der Waals surface area contributed by atoms with Crippen molar-refractivity contribution in [3.8, 4) is 0 Å². The van der Waals surface area contributed by atoms with E-state index in [2.05, 4.69) is 35.3 Å². The molecule has 1 N–H and O–H groups in total. The molecule has 146 valence electrons. The van der Waals surface area contributed by atoms with Crippen LogP contribution in [0.1, 0.15) is 23.1 Å². The van der Waals surface area contributed by atoms with E-state index in [-0.39, 0.29) is 5.91 Å². The molecule has 4 nitrogen and oxygen atoms in total. The normalized spacial score (nSPS) is 23.0.